The molecule has 1 heterocycles. The van der Waals surface area contributed by atoms with Crippen LogP contribution in [0.4, 0.5) is 0 Å². The highest BCUT2D eigenvalue weighted by Gasteiger charge is 2.28. The number of ether oxygens (including phenoxy) is 2. The normalized spacial score (nSPS) is 20.7. The molecular weight excluding hydrogens is 230 g/mol. The van der Waals surface area contributed by atoms with Gasteiger partial charge in [-0.05, 0) is 20.3 Å². The SMILES string of the molecule is CCOC(CCN1CCCS1(=O)=O)OCC. The first kappa shape index (κ1) is 13.9. The Balaban J connectivity index is 2.36. The second-order valence-corrected chi connectivity index (χ2v) is 5.79. The van der Waals surface area contributed by atoms with Gasteiger partial charge in [-0.15, -0.1) is 0 Å². The fourth-order valence-corrected chi connectivity index (χ4v) is 3.32. The van der Waals surface area contributed by atoms with Gasteiger partial charge in [0.25, 0.3) is 0 Å². The lowest BCUT2D eigenvalue weighted by atomic mass is 10.4. The molecule has 5 nitrogen and oxygen atoms in total. The summed E-state index contributed by atoms with van der Waals surface area (Å²) in [5.41, 5.74) is 0. The van der Waals surface area contributed by atoms with Crippen LogP contribution in [0.1, 0.15) is 26.7 Å². The second-order valence-electron chi connectivity index (χ2n) is 3.70. The van der Waals surface area contributed by atoms with Crippen molar-refractivity contribution in [3.8, 4) is 0 Å². The molecule has 0 unspecified atom stereocenters. The Morgan fingerprint density at radius 2 is 1.88 bits per heavy atom. The number of hydrogen-bond acceptors (Lipinski definition) is 4. The van der Waals surface area contributed by atoms with Gasteiger partial charge in [0.15, 0.2) is 6.29 Å². The van der Waals surface area contributed by atoms with Crippen molar-refractivity contribution in [2.45, 2.75) is 33.0 Å². The summed E-state index contributed by atoms with van der Waals surface area (Å²) in [4.78, 5) is 0. The highest BCUT2D eigenvalue weighted by Crippen LogP contribution is 2.15. The third-order valence-electron chi connectivity index (χ3n) is 2.52. The lowest BCUT2D eigenvalue weighted by molar-refractivity contribution is -0.140. The predicted octanol–water partition coefficient (Wildman–Crippen LogP) is 0.811. The van der Waals surface area contributed by atoms with Crippen molar-refractivity contribution in [3.05, 3.63) is 0 Å². The van der Waals surface area contributed by atoms with Gasteiger partial charge in [-0.1, -0.05) is 0 Å². The van der Waals surface area contributed by atoms with E-state index in [1.807, 2.05) is 13.8 Å². The molecule has 1 aliphatic rings. The highest BCUT2D eigenvalue weighted by atomic mass is 32.2. The van der Waals surface area contributed by atoms with Crippen LogP contribution in [0, 0.1) is 0 Å². The van der Waals surface area contributed by atoms with E-state index < -0.39 is 10.0 Å². The van der Waals surface area contributed by atoms with Crippen LogP contribution in [0.5, 0.6) is 0 Å². The highest BCUT2D eigenvalue weighted by molar-refractivity contribution is 7.89. The van der Waals surface area contributed by atoms with E-state index in [4.69, 9.17) is 9.47 Å². The summed E-state index contributed by atoms with van der Waals surface area (Å²) in [6, 6.07) is 0. The van der Waals surface area contributed by atoms with E-state index >= 15 is 0 Å². The molecule has 0 atom stereocenters. The summed E-state index contributed by atoms with van der Waals surface area (Å²) >= 11 is 0. The lowest BCUT2D eigenvalue weighted by Crippen LogP contribution is -2.30. The Kier molecular flexibility index (Phi) is 5.68. The minimum atomic E-state index is -2.99. The van der Waals surface area contributed by atoms with E-state index in [1.54, 1.807) is 0 Å². The first-order valence-electron chi connectivity index (χ1n) is 5.81. The molecular formula is C10H21NO4S. The molecule has 6 heteroatoms. The van der Waals surface area contributed by atoms with Crippen LogP contribution in [0.2, 0.25) is 0 Å². The zero-order valence-corrected chi connectivity index (χ0v) is 10.8. The van der Waals surface area contributed by atoms with Gasteiger partial charge < -0.3 is 9.47 Å². The molecule has 0 saturated carbocycles. The van der Waals surface area contributed by atoms with Crippen molar-refractivity contribution < 1.29 is 17.9 Å². The van der Waals surface area contributed by atoms with Crippen molar-refractivity contribution >= 4 is 10.0 Å². The minimum absolute atomic E-state index is 0.279. The van der Waals surface area contributed by atoms with Gasteiger partial charge in [-0.25, -0.2) is 12.7 Å². The summed E-state index contributed by atoms with van der Waals surface area (Å²) in [5.74, 6) is 0.279. The molecule has 96 valence electrons. The first-order chi connectivity index (χ1) is 7.60. The Hall–Kier alpha value is -0.170. The topological polar surface area (TPSA) is 55.8 Å². The van der Waals surface area contributed by atoms with Crippen LogP contribution in [-0.2, 0) is 19.5 Å². The average Bonchev–Trinajstić information content (AvgIpc) is 2.55. The fraction of sp³-hybridized carbons (Fsp3) is 1.00. The fourth-order valence-electron chi connectivity index (χ4n) is 1.78. The van der Waals surface area contributed by atoms with Gasteiger partial charge >= 0.3 is 0 Å². The maximum absolute atomic E-state index is 11.5. The molecule has 0 N–H and O–H groups in total. The van der Waals surface area contributed by atoms with Gasteiger partial charge in [-0.2, -0.15) is 0 Å². The molecule has 0 radical (unpaired) electrons. The Morgan fingerprint density at radius 1 is 1.25 bits per heavy atom. The molecule has 0 bridgehead atoms. The zero-order valence-electron chi connectivity index (χ0n) is 10.0. The van der Waals surface area contributed by atoms with Gasteiger partial charge in [0.05, 0.1) is 5.75 Å². The number of nitrogens with zero attached hydrogens (tertiary/aromatic N) is 1. The number of sulfonamides is 1. The smallest absolute Gasteiger partial charge is 0.214 e. The van der Waals surface area contributed by atoms with E-state index in [1.165, 1.54) is 4.31 Å². The average molecular weight is 251 g/mol. The van der Waals surface area contributed by atoms with E-state index in [0.29, 0.717) is 32.7 Å². The lowest BCUT2D eigenvalue weighted by Gasteiger charge is -2.20. The first-order valence-corrected chi connectivity index (χ1v) is 7.42. The van der Waals surface area contributed by atoms with Crippen LogP contribution in [-0.4, -0.2) is 51.1 Å². The summed E-state index contributed by atoms with van der Waals surface area (Å²) in [6.45, 7) is 6.09. The van der Waals surface area contributed by atoms with Crippen LogP contribution in [0.15, 0.2) is 0 Å². The van der Waals surface area contributed by atoms with Crippen LogP contribution in [0.3, 0.4) is 0 Å². The van der Waals surface area contributed by atoms with Gasteiger partial charge in [0.2, 0.25) is 10.0 Å². The minimum Gasteiger partial charge on any atom is -0.353 e. The van der Waals surface area contributed by atoms with E-state index in [0.717, 1.165) is 6.42 Å². The second kappa shape index (κ2) is 6.54. The number of rotatable bonds is 7. The maximum Gasteiger partial charge on any atom is 0.214 e. The Labute approximate surface area is 97.8 Å². The molecule has 0 amide bonds. The molecule has 16 heavy (non-hydrogen) atoms. The molecule has 1 saturated heterocycles. The molecule has 0 aliphatic carbocycles. The van der Waals surface area contributed by atoms with Gasteiger partial charge in [-0.3, -0.25) is 0 Å². The van der Waals surface area contributed by atoms with Crippen molar-refractivity contribution in [2.24, 2.45) is 0 Å². The van der Waals surface area contributed by atoms with E-state index in [-0.39, 0.29) is 12.0 Å². The van der Waals surface area contributed by atoms with Gasteiger partial charge in [0, 0.05) is 32.7 Å². The number of hydrogen-bond donors (Lipinski definition) is 0. The molecule has 1 fully saturated rings. The molecule has 0 aromatic heterocycles. The Bertz CT molecular complexity index is 285. The summed E-state index contributed by atoms with van der Waals surface area (Å²) in [7, 11) is -2.99. The standard InChI is InChI=1S/C10H21NO4S/c1-3-14-10(15-4-2)6-8-11-7-5-9-16(11,12)13/h10H,3-9H2,1-2H3. The molecule has 1 aliphatic heterocycles. The third-order valence-corrected chi connectivity index (χ3v) is 4.48. The van der Waals surface area contributed by atoms with E-state index in [2.05, 4.69) is 0 Å². The van der Waals surface area contributed by atoms with Crippen LogP contribution < -0.4 is 0 Å². The molecule has 0 aromatic rings. The largest absolute Gasteiger partial charge is 0.353 e. The third kappa shape index (κ3) is 4.01. The van der Waals surface area contributed by atoms with Crippen molar-refractivity contribution in [1.82, 2.24) is 4.31 Å². The van der Waals surface area contributed by atoms with E-state index in [9.17, 15) is 8.42 Å². The van der Waals surface area contributed by atoms with Crippen molar-refractivity contribution in [1.29, 1.82) is 0 Å². The van der Waals surface area contributed by atoms with Crippen LogP contribution in [0.25, 0.3) is 0 Å². The zero-order chi connectivity index (χ0) is 12.0. The molecule has 0 aromatic carbocycles. The van der Waals surface area contributed by atoms with Crippen molar-refractivity contribution in [2.75, 3.05) is 32.1 Å². The molecule has 1 rings (SSSR count). The summed E-state index contributed by atoms with van der Waals surface area (Å²) in [5, 5.41) is 0. The quantitative estimate of drug-likeness (QED) is 0.628. The molecule has 0 spiro atoms. The summed E-state index contributed by atoms with van der Waals surface area (Å²) in [6.07, 6.45) is 1.04. The summed E-state index contributed by atoms with van der Waals surface area (Å²) < 4.78 is 35.3. The Morgan fingerprint density at radius 3 is 2.31 bits per heavy atom. The maximum atomic E-state index is 11.5. The monoisotopic (exact) mass is 251 g/mol. The van der Waals surface area contributed by atoms with Crippen LogP contribution >= 0.6 is 0 Å². The predicted molar refractivity (Wildman–Crippen MR) is 61.6 cm³/mol. The van der Waals surface area contributed by atoms with Crippen molar-refractivity contribution in [3.63, 3.8) is 0 Å². The van der Waals surface area contributed by atoms with Gasteiger partial charge in [0.1, 0.15) is 0 Å².